The van der Waals surface area contributed by atoms with Gasteiger partial charge in [0, 0.05) is 45.0 Å². The predicted molar refractivity (Wildman–Crippen MR) is 207 cm³/mol. The molecule has 4 fully saturated rings. The van der Waals surface area contributed by atoms with Crippen molar-refractivity contribution in [2.45, 2.75) is 147 Å². The topological polar surface area (TPSA) is 111 Å². The maximum atomic E-state index is 14.8. The molecule has 306 valence electrons. The van der Waals surface area contributed by atoms with Crippen LogP contribution in [0.15, 0.2) is 23.3 Å². The van der Waals surface area contributed by atoms with Gasteiger partial charge in [-0.15, -0.1) is 0 Å². The number of thioether (sulfide) groups is 1. The van der Waals surface area contributed by atoms with Crippen LogP contribution in [0, 0.1) is 35.5 Å². The van der Waals surface area contributed by atoms with E-state index in [9.17, 15) is 9.59 Å². The van der Waals surface area contributed by atoms with Crippen molar-refractivity contribution in [1.82, 2.24) is 4.90 Å². The number of fused-ring (bicyclic) bond motifs is 5. The number of ketones is 1. The maximum absolute atomic E-state index is 14.8. The van der Waals surface area contributed by atoms with E-state index in [2.05, 4.69) is 51.3 Å². The Morgan fingerprint density at radius 1 is 0.833 bits per heavy atom. The number of cyclic esters (lactones) is 1. The van der Waals surface area contributed by atoms with Crippen molar-refractivity contribution in [3.8, 4) is 0 Å². The molecule has 0 unspecified atom stereocenters. The molecule has 6 aliphatic rings. The number of hydrogen-bond donors (Lipinski definition) is 0. The summed E-state index contributed by atoms with van der Waals surface area (Å²) in [5.41, 5.74) is 2.07. The molecule has 0 aromatic heterocycles. The highest BCUT2D eigenvalue weighted by atomic mass is 32.2. The van der Waals surface area contributed by atoms with Gasteiger partial charge in [-0.05, 0) is 115 Å². The molecule has 11 nitrogen and oxygen atoms in total. The van der Waals surface area contributed by atoms with Gasteiger partial charge in [0.05, 0.1) is 30.8 Å². The molecule has 0 radical (unpaired) electrons. The second-order valence-corrected chi connectivity index (χ2v) is 17.9. The molecular formula is C42H67NO10S. The summed E-state index contributed by atoms with van der Waals surface area (Å²) >= 11 is 1.70. The van der Waals surface area contributed by atoms with Crippen LogP contribution < -0.4 is 0 Å². The molecule has 0 N–H and O–H groups in total. The number of Topliss-reactive ketones (excluding diaryl/α,β-unsaturated/α-hetero) is 1. The van der Waals surface area contributed by atoms with Gasteiger partial charge in [-0.1, -0.05) is 24.6 Å². The average molecular weight is 778 g/mol. The third-order valence-corrected chi connectivity index (χ3v) is 14.3. The molecule has 0 bridgehead atoms. The van der Waals surface area contributed by atoms with Gasteiger partial charge in [-0.3, -0.25) is 9.59 Å². The van der Waals surface area contributed by atoms with Crippen LogP contribution in [-0.2, 0) is 47.5 Å². The Labute approximate surface area is 327 Å². The number of carbonyl (C=O) groups excluding carboxylic acids is 2. The zero-order valence-electron chi connectivity index (χ0n) is 34.3. The average Bonchev–Trinajstić information content (AvgIpc) is 3.71. The van der Waals surface area contributed by atoms with E-state index < -0.39 is 12.4 Å². The van der Waals surface area contributed by atoms with E-state index in [0.29, 0.717) is 18.4 Å². The SMILES string of the molecule is CO[C@@H]1[C@@H](OC)[C@H](C)O[C@@H](O[C@H]2C[C@H]3[C@@H]4C=C5C(=O)[C@H](C)[C@@H](O[C@H]6CC[C@H](N(C)C)[C@@H](C)O6)CCC[C@H](CSC)OC(=O)C[C@H]5[C@@H]4C=C(C)[C@@H]3C2)[C@@H]1OC. The van der Waals surface area contributed by atoms with E-state index in [-0.39, 0.29) is 96.8 Å². The molecule has 3 heterocycles. The van der Waals surface area contributed by atoms with Gasteiger partial charge in [0.25, 0.3) is 0 Å². The minimum atomic E-state index is -0.600. The van der Waals surface area contributed by atoms with Gasteiger partial charge >= 0.3 is 5.97 Å². The van der Waals surface area contributed by atoms with Crippen molar-refractivity contribution in [1.29, 1.82) is 0 Å². The summed E-state index contributed by atoms with van der Waals surface area (Å²) in [7, 11) is 9.17. The maximum Gasteiger partial charge on any atom is 0.306 e. The minimum Gasteiger partial charge on any atom is -0.461 e. The van der Waals surface area contributed by atoms with Crippen molar-refractivity contribution in [2.24, 2.45) is 35.5 Å². The monoisotopic (exact) mass is 777 g/mol. The lowest BCUT2D eigenvalue weighted by molar-refractivity contribution is -0.314. The minimum absolute atomic E-state index is 0.0331. The fourth-order valence-electron chi connectivity index (χ4n) is 10.8. The molecular weight excluding hydrogens is 711 g/mol. The van der Waals surface area contributed by atoms with Crippen molar-refractivity contribution >= 4 is 23.5 Å². The highest BCUT2D eigenvalue weighted by Crippen LogP contribution is 2.56. The predicted octanol–water partition coefficient (Wildman–Crippen LogP) is 5.83. The Hall–Kier alpha value is -1.35. The van der Waals surface area contributed by atoms with Crippen LogP contribution in [0.1, 0.15) is 79.1 Å². The van der Waals surface area contributed by atoms with Crippen LogP contribution in [0.2, 0.25) is 0 Å². The third kappa shape index (κ3) is 8.87. The van der Waals surface area contributed by atoms with Crippen LogP contribution >= 0.6 is 11.8 Å². The first-order valence-corrected chi connectivity index (χ1v) is 21.8. The Morgan fingerprint density at radius 3 is 2.24 bits per heavy atom. The van der Waals surface area contributed by atoms with Gasteiger partial charge in [-0.25, -0.2) is 0 Å². The Kier molecular flexibility index (Phi) is 14.5. The number of hydrogen-bond acceptors (Lipinski definition) is 12. The summed E-state index contributed by atoms with van der Waals surface area (Å²) in [4.78, 5) is 30.7. The summed E-state index contributed by atoms with van der Waals surface area (Å²) in [6, 6.07) is 0.335. The van der Waals surface area contributed by atoms with Crippen LogP contribution in [0.3, 0.4) is 0 Å². The number of allylic oxidation sites excluding steroid dienone is 4. The van der Waals surface area contributed by atoms with E-state index in [1.807, 2.05) is 13.8 Å². The van der Waals surface area contributed by atoms with Crippen molar-refractivity contribution in [2.75, 3.05) is 47.4 Å². The molecule has 6 rings (SSSR count). The first-order valence-electron chi connectivity index (χ1n) is 20.4. The summed E-state index contributed by atoms with van der Waals surface area (Å²) in [6.45, 7) is 8.32. The summed E-state index contributed by atoms with van der Waals surface area (Å²) in [5, 5.41) is 0. The molecule has 3 aliphatic heterocycles. The number of ether oxygens (including phenoxy) is 8. The zero-order valence-corrected chi connectivity index (χ0v) is 35.1. The van der Waals surface area contributed by atoms with Crippen LogP contribution in [0.5, 0.6) is 0 Å². The number of methoxy groups -OCH3 is 3. The number of likely N-dealkylation sites (N-methyl/N-ethyl adjacent to an activating group) is 1. The lowest BCUT2D eigenvalue weighted by Crippen LogP contribution is -2.59. The second-order valence-electron chi connectivity index (χ2n) is 17.0. The largest absolute Gasteiger partial charge is 0.461 e. The summed E-state index contributed by atoms with van der Waals surface area (Å²) in [6.07, 6.45) is 9.78. The van der Waals surface area contributed by atoms with Gasteiger partial charge in [0.15, 0.2) is 18.4 Å². The Bertz CT molecular complexity index is 1360. The van der Waals surface area contributed by atoms with Crippen LogP contribution in [0.25, 0.3) is 0 Å². The summed E-state index contributed by atoms with van der Waals surface area (Å²) in [5.74, 6) is 0.721. The van der Waals surface area contributed by atoms with Crippen LogP contribution in [-0.4, -0.2) is 132 Å². The molecule has 54 heavy (non-hydrogen) atoms. The van der Waals surface area contributed by atoms with Crippen molar-refractivity contribution in [3.05, 3.63) is 23.3 Å². The van der Waals surface area contributed by atoms with E-state index in [0.717, 1.165) is 49.9 Å². The molecule has 17 atom stereocenters. The summed E-state index contributed by atoms with van der Waals surface area (Å²) < 4.78 is 49.9. The molecule has 3 saturated heterocycles. The molecule has 12 heteroatoms. The van der Waals surface area contributed by atoms with Gasteiger partial charge in [0.2, 0.25) is 0 Å². The fourth-order valence-corrected chi connectivity index (χ4v) is 11.4. The van der Waals surface area contributed by atoms with E-state index in [1.54, 1.807) is 33.1 Å². The first kappa shape index (κ1) is 42.3. The smallest absolute Gasteiger partial charge is 0.306 e. The van der Waals surface area contributed by atoms with Crippen molar-refractivity contribution in [3.63, 3.8) is 0 Å². The van der Waals surface area contributed by atoms with Gasteiger partial charge in [-0.2, -0.15) is 11.8 Å². The van der Waals surface area contributed by atoms with E-state index >= 15 is 0 Å². The van der Waals surface area contributed by atoms with Crippen molar-refractivity contribution < 1.29 is 47.5 Å². The fraction of sp³-hybridized carbons (Fsp3) is 0.857. The normalized spacial score (nSPS) is 44.7. The van der Waals surface area contributed by atoms with E-state index in [4.69, 9.17) is 37.9 Å². The highest BCUT2D eigenvalue weighted by molar-refractivity contribution is 7.98. The first-order chi connectivity index (χ1) is 25.9. The lowest BCUT2D eigenvalue weighted by Gasteiger charge is -2.44. The quantitative estimate of drug-likeness (QED) is 0.197. The van der Waals surface area contributed by atoms with E-state index in [1.165, 1.54) is 5.57 Å². The number of rotatable bonds is 10. The van der Waals surface area contributed by atoms with Gasteiger partial charge in [0.1, 0.15) is 24.4 Å². The highest BCUT2D eigenvalue weighted by Gasteiger charge is 2.53. The second kappa shape index (κ2) is 18.5. The molecule has 0 spiro atoms. The molecule has 0 aromatic rings. The van der Waals surface area contributed by atoms with Crippen LogP contribution in [0.4, 0.5) is 0 Å². The standard InChI is InChI=1S/C42H67NO10S/c1-22-16-29-31(30-18-27(17-28(22)30)52-42-41(48-9)40(47-8)39(46-7)25(4)50-42)19-33-32(29)20-36(44)51-26(21-54-10)12-11-13-35(23(2)38(33)45)53-37-15-14-34(43(5)6)24(3)49-37/h16,19,23-32,34-35,37,39-42H,11-15,17-18,20-21H2,1-10H3/t23-,24-,25+,26-,27-,28+,29-,30-,31-,32+,34+,35+,37+,39+,40-,41-,42+/m1/s1. The Balaban J connectivity index is 1.23. The Morgan fingerprint density at radius 2 is 1.57 bits per heavy atom. The molecule has 0 amide bonds. The number of nitrogens with zero attached hydrogens (tertiary/aromatic N) is 1. The third-order valence-electron chi connectivity index (χ3n) is 13.6. The molecule has 3 aliphatic carbocycles. The number of carbonyl (C=O) groups is 2. The molecule has 1 saturated carbocycles. The molecule has 0 aromatic carbocycles. The zero-order chi connectivity index (χ0) is 38.8. The number of esters is 1. The van der Waals surface area contributed by atoms with Gasteiger partial charge < -0.3 is 42.8 Å². The lowest BCUT2D eigenvalue weighted by atomic mass is 9.67.